The van der Waals surface area contributed by atoms with E-state index in [1.165, 1.54) is 0 Å². The molecule has 2 aromatic heterocycles. The number of aromatic nitrogens is 4. The predicted molar refractivity (Wildman–Crippen MR) is 125 cm³/mol. The van der Waals surface area contributed by atoms with E-state index in [-0.39, 0.29) is 17.8 Å². The Morgan fingerprint density at radius 2 is 1.87 bits per heavy atom. The number of hydrogen-bond donors (Lipinski definition) is 4. The highest BCUT2D eigenvalue weighted by molar-refractivity contribution is 6.32. The van der Waals surface area contributed by atoms with Crippen molar-refractivity contribution in [3.8, 4) is 5.75 Å². The van der Waals surface area contributed by atoms with E-state index in [4.69, 9.17) is 16.6 Å². The van der Waals surface area contributed by atoms with Crippen molar-refractivity contribution in [3.63, 3.8) is 0 Å². The number of aliphatic hydroxyl groups excluding tert-OH is 1. The summed E-state index contributed by atoms with van der Waals surface area (Å²) in [6, 6.07) is 5.33. The number of nitrogens with one attached hydrogen (secondary N) is 2. The van der Waals surface area contributed by atoms with E-state index in [9.17, 15) is 10.2 Å². The van der Waals surface area contributed by atoms with Gasteiger partial charge in [-0.25, -0.2) is 4.98 Å². The van der Waals surface area contributed by atoms with Crippen LogP contribution in [-0.2, 0) is 6.54 Å². The van der Waals surface area contributed by atoms with Crippen molar-refractivity contribution in [2.75, 3.05) is 10.6 Å². The molecule has 2 heterocycles. The molecule has 3 rings (SSSR count). The summed E-state index contributed by atoms with van der Waals surface area (Å²) in [6.07, 6.45) is 3.89. The van der Waals surface area contributed by atoms with Crippen LogP contribution in [0.2, 0.25) is 5.02 Å². The zero-order valence-electron chi connectivity index (χ0n) is 18.4. The minimum absolute atomic E-state index is 0.0445. The van der Waals surface area contributed by atoms with Crippen molar-refractivity contribution >= 4 is 34.5 Å². The lowest BCUT2D eigenvalue weighted by Gasteiger charge is -2.21. The molecule has 3 aromatic rings. The molecule has 168 valence electrons. The molecule has 4 N–H and O–H groups in total. The van der Waals surface area contributed by atoms with Crippen molar-refractivity contribution in [2.24, 2.45) is 0 Å². The molecule has 0 bridgehead atoms. The zero-order chi connectivity index (χ0) is 22.5. The van der Waals surface area contributed by atoms with E-state index >= 15 is 0 Å². The lowest BCUT2D eigenvalue weighted by atomic mass is 10.1. The van der Waals surface area contributed by atoms with Crippen molar-refractivity contribution in [1.29, 1.82) is 0 Å². The zero-order valence-corrected chi connectivity index (χ0v) is 19.2. The topological polar surface area (TPSA) is 108 Å². The molecule has 1 aromatic carbocycles. The molecule has 2 atom stereocenters. The van der Waals surface area contributed by atoms with Gasteiger partial charge in [0.25, 0.3) is 0 Å². The van der Waals surface area contributed by atoms with Gasteiger partial charge in [0.2, 0.25) is 5.95 Å². The van der Waals surface area contributed by atoms with Gasteiger partial charge in [0.15, 0.2) is 17.0 Å². The molecule has 0 amide bonds. The lowest BCUT2D eigenvalue weighted by Crippen LogP contribution is -2.31. The molecule has 9 heteroatoms. The van der Waals surface area contributed by atoms with Crippen LogP contribution in [0.3, 0.4) is 0 Å². The van der Waals surface area contributed by atoms with Gasteiger partial charge in [-0.3, -0.25) is 0 Å². The summed E-state index contributed by atoms with van der Waals surface area (Å²) in [7, 11) is 0. The second kappa shape index (κ2) is 10.2. The summed E-state index contributed by atoms with van der Waals surface area (Å²) in [4.78, 5) is 13.9. The SMILES string of the molecule is CCC(Nc1nc(NCc2cccc(Cl)c2O)c2ncn(C(CC)CC)c2n1)C(C)O. The summed E-state index contributed by atoms with van der Waals surface area (Å²) in [5.74, 6) is 1.02. The average molecular weight is 447 g/mol. The van der Waals surface area contributed by atoms with Gasteiger partial charge in [0, 0.05) is 18.2 Å². The Hall–Kier alpha value is -2.58. The number of fused-ring (bicyclic) bond motifs is 1. The fraction of sp³-hybridized carbons (Fsp3) is 0.500. The number of halogens is 1. The first kappa shape index (κ1) is 23.1. The Morgan fingerprint density at radius 3 is 2.52 bits per heavy atom. The molecular formula is C22H31ClN6O2. The number of aromatic hydroxyl groups is 1. The molecule has 8 nitrogen and oxygen atoms in total. The predicted octanol–water partition coefficient (Wildman–Crippen LogP) is 4.73. The first-order valence-corrected chi connectivity index (χ1v) is 11.2. The second-order valence-electron chi connectivity index (χ2n) is 7.69. The number of hydrogen-bond acceptors (Lipinski definition) is 7. The molecule has 2 unspecified atom stereocenters. The van der Waals surface area contributed by atoms with Gasteiger partial charge in [0.05, 0.1) is 23.5 Å². The number of anilines is 2. The maximum atomic E-state index is 10.2. The van der Waals surface area contributed by atoms with E-state index in [1.54, 1.807) is 31.5 Å². The summed E-state index contributed by atoms with van der Waals surface area (Å²) in [5.41, 5.74) is 2.04. The smallest absolute Gasteiger partial charge is 0.227 e. The fourth-order valence-electron chi connectivity index (χ4n) is 3.66. The van der Waals surface area contributed by atoms with Crippen LogP contribution in [0, 0.1) is 0 Å². The molecule has 0 spiro atoms. The number of aliphatic hydroxyl groups is 1. The summed E-state index contributed by atoms with van der Waals surface area (Å²) in [6.45, 7) is 8.35. The Kier molecular flexibility index (Phi) is 7.56. The van der Waals surface area contributed by atoms with Crippen molar-refractivity contribution in [1.82, 2.24) is 19.5 Å². The fourth-order valence-corrected chi connectivity index (χ4v) is 3.86. The van der Waals surface area contributed by atoms with Gasteiger partial charge in [-0.05, 0) is 32.3 Å². The third kappa shape index (κ3) is 5.02. The van der Waals surface area contributed by atoms with Crippen molar-refractivity contribution in [3.05, 3.63) is 35.1 Å². The molecule has 0 saturated heterocycles. The highest BCUT2D eigenvalue weighted by Gasteiger charge is 2.20. The highest BCUT2D eigenvalue weighted by Crippen LogP contribution is 2.30. The highest BCUT2D eigenvalue weighted by atomic mass is 35.5. The Morgan fingerprint density at radius 1 is 1.13 bits per heavy atom. The third-order valence-corrected chi connectivity index (χ3v) is 5.92. The molecule has 0 aliphatic rings. The quantitative estimate of drug-likeness (QED) is 0.356. The van der Waals surface area contributed by atoms with Crippen LogP contribution >= 0.6 is 11.6 Å². The summed E-state index contributed by atoms with van der Waals surface area (Å²) >= 11 is 6.04. The Bertz CT molecular complexity index is 1020. The molecular weight excluding hydrogens is 416 g/mol. The largest absolute Gasteiger partial charge is 0.506 e. The Labute approximate surface area is 187 Å². The van der Waals surface area contributed by atoms with E-state index in [1.807, 2.05) is 6.92 Å². The van der Waals surface area contributed by atoms with Crippen molar-refractivity contribution < 1.29 is 10.2 Å². The number of nitrogens with zero attached hydrogens (tertiary/aromatic N) is 4. The van der Waals surface area contributed by atoms with Crippen LogP contribution in [0.15, 0.2) is 24.5 Å². The first-order chi connectivity index (χ1) is 14.9. The van der Waals surface area contributed by atoms with E-state index in [2.05, 4.69) is 39.0 Å². The number of rotatable bonds is 10. The van der Waals surface area contributed by atoms with Crippen LogP contribution in [-0.4, -0.2) is 41.9 Å². The second-order valence-corrected chi connectivity index (χ2v) is 8.10. The standard InChI is InChI=1S/C22H31ClN6O2/c1-5-15(6-2)29-12-25-18-20(24-11-14-9-8-10-16(23)19(14)31)27-22(28-21(18)29)26-17(7-3)13(4)30/h8-10,12-13,15,17,30-31H,5-7,11H2,1-4H3,(H2,24,26,27,28). The molecule has 0 aliphatic carbocycles. The van der Waals surface area contributed by atoms with Gasteiger partial charge in [-0.1, -0.05) is 44.5 Å². The minimum atomic E-state index is -0.548. The molecule has 0 radical (unpaired) electrons. The molecule has 0 fully saturated rings. The van der Waals surface area contributed by atoms with Gasteiger partial charge in [-0.2, -0.15) is 9.97 Å². The van der Waals surface area contributed by atoms with Crippen molar-refractivity contribution in [2.45, 2.75) is 71.7 Å². The number of benzene rings is 1. The van der Waals surface area contributed by atoms with E-state index in [0.717, 1.165) is 24.9 Å². The van der Waals surface area contributed by atoms with E-state index < -0.39 is 6.10 Å². The monoisotopic (exact) mass is 446 g/mol. The molecule has 0 saturated carbocycles. The first-order valence-electron chi connectivity index (χ1n) is 10.8. The number of phenols is 1. The normalized spacial score (nSPS) is 13.5. The van der Waals surface area contributed by atoms with Crippen LogP contribution in [0.5, 0.6) is 5.75 Å². The van der Waals surface area contributed by atoms with E-state index in [0.29, 0.717) is 34.4 Å². The van der Waals surface area contributed by atoms with Gasteiger partial charge >= 0.3 is 0 Å². The van der Waals surface area contributed by atoms with Gasteiger partial charge < -0.3 is 25.4 Å². The number of imidazole rings is 1. The number of phenolic OH excluding ortho intramolecular Hbond substituents is 1. The molecule has 31 heavy (non-hydrogen) atoms. The maximum absolute atomic E-state index is 10.2. The summed E-state index contributed by atoms with van der Waals surface area (Å²) < 4.78 is 2.08. The van der Waals surface area contributed by atoms with Gasteiger partial charge in [-0.15, -0.1) is 0 Å². The van der Waals surface area contributed by atoms with Gasteiger partial charge in [0.1, 0.15) is 5.75 Å². The lowest BCUT2D eigenvalue weighted by molar-refractivity contribution is 0.169. The third-order valence-electron chi connectivity index (χ3n) is 5.61. The minimum Gasteiger partial charge on any atom is -0.506 e. The van der Waals surface area contributed by atoms with Crippen LogP contribution in [0.25, 0.3) is 11.2 Å². The summed E-state index contributed by atoms with van der Waals surface area (Å²) in [5, 5.41) is 27.1. The average Bonchev–Trinajstić information content (AvgIpc) is 3.17. The van der Waals surface area contributed by atoms with Crippen LogP contribution < -0.4 is 10.6 Å². The maximum Gasteiger partial charge on any atom is 0.227 e. The Balaban J connectivity index is 2.02. The van der Waals surface area contributed by atoms with Crippen LogP contribution in [0.1, 0.15) is 58.6 Å². The number of para-hydroxylation sites is 1. The molecule has 0 aliphatic heterocycles. The van der Waals surface area contributed by atoms with Crippen LogP contribution in [0.4, 0.5) is 11.8 Å².